The van der Waals surface area contributed by atoms with E-state index in [9.17, 15) is 4.79 Å². The van der Waals surface area contributed by atoms with Gasteiger partial charge in [0.25, 0.3) is 0 Å². The molecule has 1 aromatic rings. The summed E-state index contributed by atoms with van der Waals surface area (Å²) in [5.41, 5.74) is 5.61. The van der Waals surface area contributed by atoms with Gasteiger partial charge in [-0.1, -0.05) is 25.0 Å². The molecule has 0 unspecified atom stereocenters. The van der Waals surface area contributed by atoms with Crippen LogP contribution in [0.25, 0.3) is 0 Å². The molecule has 0 bridgehead atoms. The van der Waals surface area contributed by atoms with Crippen molar-refractivity contribution in [3.8, 4) is 0 Å². The van der Waals surface area contributed by atoms with Gasteiger partial charge in [0, 0.05) is 25.7 Å². The molecule has 0 aromatic heterocycles. The van der Waals surface area contributed by atoms with Crippen LogP contribution in [0, 0.1) is 0 Å². The fourth-order valence-electron chi connectivity index (χ4n) is 2.47. The van der Waals surface area contributed by atoms with E-state index in [0.717, 1.165) is 24.4 Å². The predicted octanol–water partition coefficient (Wildman–Crippen LogP) is 2.93. The predicted molar refractivity (Wildman–Crippen MR) is 83.2 cm³/mol. The van der Waals surface area contributed by atoms with Gasteiger partial charge in [-0.2, -0.15) is 5.10 Å². The SMILES string of the molecule is CC(=O)NN=C(C)c1ccc(N2CCCCCC2)cc1. The summed E-state index contributed by atoms with van der Waals surface area (Å²) in [6.07, 6.45) is 5.25. The van der Waals surface area contributed by atoms with Crippen LogP contribution in [0.2, 0.25) is 0 Å². The summed E-state index contributed by atoms with van der Waals surface area (Å²) < 4.78 is 0. The highest BCUT2D eigenvalue weighted by Crippen LogP contribution is 2.20. The first-order valence-electron chi connectivity index (χ1n) is 7.33. The van der Waals surface area contributed by atoms with E-state index in [1.54, 1.807) is 0 Å². The number of carbonyl (C=O) groups excluding carboxylic acids is 1. The van der Waals surface area contributed by atoms with Crippen LogP contribution >= 0.6 is 0 Å². The van der Waals surface area contributed by atoms with Crippen LogP contribution in [0.1, 0.15) is 45.1 Å². The molecular formula is C16H23N3O. The van der Waals surface area contributed by atoms with Gasteiger partial charge in [-0.3, -0.25) is 4.79 Å². The third-order valence-electron chi connectivity index (χ3n) is 3.64. The Labute approximate surface area is 120 Å². The number of carbonyl (C=O) groups is 1. The minimum Gasteiger partial charge on any atom is -0.372 e. The topological polar surface area (TPSA) is 44.7 Å². The Hall–Kier alpha value is -1.84. The van der Waals surface area contributed by atoms with Crippen molar-refractivity contribution in [1.29, 1.82) is 0 Å². The standard InChI is InChI=1S/C16H23N3O/c1-13(17-18-14(2)20)15-7-9-16(10-8-15)19-11-5-3-4-6-12-19/h7-10H,3-6,11-12H2,1-2H3,(H,18,20). The largest absolute Gasteiger partial charge is 0.372 e. The van der Waals surface area contributed by atoms with Crippen LogP contribution in [0.5, 0.6) is 0 Å². The van der Waals surface area contributed by atoms with Crippen LogP contribution in [-0.4, -0.2) is 24.7 Å². The van der Waals surface area contributed by atoms with Crippen molar-refractivity contribution >= 4 is 17.3 Å². The summed E-state index contributed by atoms with van der Waals surface area (Å²) in [6.45, 7) is 5.66. The highest BCUT2D eigenvalue weighted by atomic mass is 16.2. The van der Waals surface area contributed by atoms with Crippen molar-refractivity contribution in [1.82, 2.24) is 5.43 Å². The summed E-state index contributed by atoms with van der Waals surface area (Å²) in [7, 11) is 0. The Kier molecular flexibility index (Phi) is 5.16. The molecule has 1 saturated heterocycles. The number of benzene rings is 1. The smallest absolute Gasteiger partial charge is 0.236 e. The molecule has 1 fully saturated rings. The maximum atomic E-state index is 10.8. The molecule has 108 valence electrons. The Bertz CT molecular complexity index is 471. The number of amides is 1. The molecule has 20 heavy (non-hydrogen) atoms. The van der Waals surface area contributed by atoms with Crippen LogP contribution < -0.4 is 10.3 Å². The van der Waals surface area contributed by atoms with Gasteiger partial charge in [-0.05, 0) is 37.5 Å². The van der Waals surface area contributed by atoms with E-state index in [0.29, 0.717) is 0 Å². The number of hydrogen-bond donors (Lipinski definition) is 1. The van der Waals surface area contributed by atoms with Crippen molar-refractivity contribution in [2.45, 2.75) is 39.5 Å². The molecular weight excluding hydrogens is 250 g/mol. The summed E-state index contributed by atoms with van der Waals surface area (Å²) in [4.78, 5) is 13.3. The molecule has 2 rings (SSSR count). The minimum absolute atomic E-state index is 0.148. The van der Waals surface area contributed by atoms with E-state index >= 15 is 0 Å². The van der Waals surface area contributed by atoms with Crippen LogP contribution in [0.3, 0.4) is 0 Å². The molecule has 0 atom stereocenters. The second-order valence-electron chi connectivity index (χ2n) is 5.31. The Morgan fingerprint density at radius 1 is 1.05 bits per heavy atom. The summed E-state index contributed by atoms with van der Waals surface area (Å²) >= 11 is 0. The zero-order valence-electron chi connectivity index (χ0n) is 12.4. The highest BCUT2D eigenvalue weighted by molar-refractivity contribution is 5.99. The summed E-state index contributed by atoms with van der Waals surface area (Å²) in [6, 6.07) is 8.43. The monoisotopic (exact) mass is 273 g/mol. The lowest BCUT2D eigenvalue weighted by molar-refractivity contribution is -0.118. The molecule has 4 heteroatoms. The summed E-state index contributed by atoms with van der Waals surface area (Å²) in [5.74, 6) is -0.148. The van der Waals surface area contributed by atoms with Crippen molar-refractivity contribution < 1.29 is 4.79 Å². The fourth-order valence-corrected chi connectivity index (χ4v) is 2.47. The number of hydrogen-bond acceptors (Lipinski definition) is 3. The number of anilines is 1. The van der Waals surface area contributed by atoms with Gasteiger partial charge in [0.05, 0.1) is 5.71 Å². The van der Waals surface area contributed by atoms with Crippen LogP contribution in [-0.2, 0) is 4.79 Å². The molecule has 1 aliphatic rings. The molecule has 0 radical (unpaired) electrons. The molecule has 1 heterocycles. The maximum absolute atomic E-state index is 10.8. The number of nitrogens with zero attached hydrogens (tertiary/aromatic N) is 2. The zero-order valence-corrected chi connectivity index (χ0v) is 12.4. The van der Waals surface area contributed by atoms with Gasteiger partial charge in [-0.15, -0.1) is 0 Å². The van der Waals surface area contributed by atoms with Gasteiger partial charge in [0.15, 0.2) is 0 Å². The van der Waals surface area contributed by atoms with Gasteiger partial charge < -0.3 is 4.90 Å². The zero-order chi connectivity index (χ0) is 14.4. The molecule has 0 aliphatic carbocycles. The maximum Gasteiger partial charge on any atom is 0.236 e. The Morgan fingerprint density at radius 2 is 1.65 bits per heavy atom. The lowest BCUT2D eigenvalue weighted by atomic mass is 10.1. The molecule has 1 aliphatic heterocycles. The van der Waals surface area contributed by atoms with Crippen molar-refractivity contribution in [2.75, 3.05) is 18.0 Å². The first-order chi connectivity index (χ1) is 9.66. The molecule has 4 nitrogen and oxygen atoms in total. The Balaban J connectivity index is 2.05. The normalized spacial score (nSPS) is 16.7. The van der Waals surface area contributed by atoms with Gasteiger partial charge in [0.2, 0.25) is 5.91 Å². The molecule has 1 N–H and O–H groups in total. The van der Waals surface area contributed by atoms with Crippen LogP contribution in [0.15, 0.2) is 29.4 Å². The van der Waals surface area contributed by atoms with E-state index in [1.165, 1.54) is 38.3 Å². The van der Waals surface area contributed by atoms with Gasteiger partial charge in [-0.25, -0.2) is 5.43 Å². The molecule has 0 spiro atoms. The third kappa shape index (κ3) is 4.08. The second kappa shape index (κ2) is 7.08. The van der Waals surface area contributed by atoms with E-state index in [1.807, 2.05) is 6.92 Å². The first-order valence-corrected chi connectivity index (χ1v) is 7.33. The molecule has 0 saturated carbocycles. The van der Waals surface area contributed by atoms with Crippen LogP contribution in [0.4, 0.5) is 5.69 Å². The lowest BCUT2D eigenvalue weighted by Crippen LogP contribution is -2.23. The second-order valence-corrected chi connectivity index (χ2v) is 5.31. The highest BCUT2D eigenvalue weighted by Gasteiger charge is 2.09. The number of nitrogens with one attached hydrogen (secondary N) is 1. The lowest BCUT2D eigenvalue weighted by Gasteiger charge is -2.22. The fraction of sp³-hybridized carbons (Fsp3) is 0.500. The quantitative estimate of drug-likeness (QED) is 0.680. The minimum atomic E-state index is -0.148. The summed E-state index contributed by atoms with van der Waals surface area (Å²) in [5, 5.41) is 4.05. The van der Waals surface area contributed by atoms with Gasteiger partial charge in [0.1, 0.15) is 0 Å². The van der Waals surface area contributed by atoms with E-state index < -0.39 is 0 Å². The van der Waals surface area contributed by atoms with Crippen molar-refractivity contribution in [3.63, 3.8) is 0 Å². The number of rotatable bonds is 3. The molecule has 1 aromatic carbocycles. The van der Waals surface area contributed by atoms with E-state index in [-0.39, 0.29) is 5.91 Å². The van der Waals surface area contributed by atoms with Crippen molar-refractivity contribution in [2.24, 2.45) is 5.10 Å². The molecule has 1 amide bonds. The average Bonchev–Trinajstić information content (AvgIpc) is 2.74. The average molecular weight is 273 g/mol. The Morgan fingerprint density at radius 3 is 2.20 bits per heavy atom. The van der Waals surface area contributed by atoms with E-state index in [2.05, 4.69) is 39.7 Å². The van der Waals surface area contributed by atoms with E-state index in [4.69, 9.17) is 0 Å². The first kappa shape index (κ1) is 14.6. The van der Waals surface area contributed by atoms with Gasteiger partial charge >= 0.3 is 0 Å². The number of hydrazone groups is 1. The van der Waals surface area contributed by atoms with Crippen molar-refractivity contribution in [3.05, 3.63) is 29.8 Å². The third-order valence-corrected chi connectivity index (χ3v) is 3.64.